The number of aryl methyl sites for hydroxylation is 1. The number of benzene rings is 1. The lowest BCUT2D eigenvalue weighted by molar-refractivity contribution is -0.126. The second-order valence-corrected chi connectivity index (χ2v) is 4.55. The van der Waals surface area contributed by atoms with Crippen LogP contribution in [0.15, 0.2) is 24.3 Å². The maximum Gasteiger partial charge on any atom is 0.244 e. The number of nitrogens with zero attached hydrogens (tertiary/aromatic N) is 1. The summed E-state index contributed by atoms with van der Waals surface area (Å²) in [6.45, 7) is 2.09. The predicted octanol–water partition coefficient (Wildman–Crippen LogP) is 2.88. The van der Waals surface area contributed by atoms with Crippen LogP contribution in [0.1, 0.15) is 31.7 Å². The van der Waals surface area contributed by atoms with Gasteiger partial charge in [0.05, 0.1) is 6.07 Å². The molecule has 1 aromatic rings. The first-order chi connectivity index (χ1) is 8.20. The molecule has 17 heavy (non-hydrogen) atoms. The van der Waals surface area contributed by atoms with Gasteiger partial charge < -0.3 is 5.32 Å². The molecule has 1 saturated carbocycles. The van der Waals surface area contributed by atoms with Crippen LogP contribution in [0.2, 0.25) is 0 Å². The Kier molecular flexibility index (Phi) is 3.14. The van der Waals surface area contributed by atoms with Gasteiger partial charge in [-0.1, -0.05) is 19.1 Å². The fourth-order valence-electron chi connectivity index (χ4n) is 1.99. The van der Waals surface area contributed by atoms with Crippen LogP contribution in [0.25, 0.3) is 0 Å². The average molecular weight is 228 g/mol. The fourth-order valence-corrected chi connectivity index (χ4v) is 1.99. The van der Waals surface area contributed by atoms with Crippen LogP contribution in [0, 0.1) is 16.7 Å². The maximum atomic E-state index is 12.0. The molecule has 0 heterocycles. The molecule has 1 amide bonds. The van der Waals surface area contributed by atoms with E-state index < -0.39 is 5.41 Å². The predicted molar refractivity (Wildman–Crippen MR) is 66.3 cm³/mol. The van der Waals surface area contributed by atoms with E-state index in [1.54, 1.807) is 0 Å². The molecular formula is C14H16N2O. The van der Waals surface area contributed by atoms with Gasteiger partial charge in [0.15, 0.2) is 0 Å². The summed E-state index contributed by atoms with van der Waals surface area (Å²) in [7, 11) is 0. The minimum absolute atomic E-state index is 0.157. The van der Waals surface area contributed by atoms with Gasteiger partial charge in [-0.05, 0) is 43.4 Å². The van der Waals surface area contributed by atoms with E-state index in [0.29, 0.717) is 12.8 Å². The molecule has 1 N–H and O–H groups in total. The summed E-state index contributed by atoms with van der Waals surface area (Å²) in [5.41, 5.74) is 1.24. The quantitative estimate of drug-likeness (QED) is 0.864. The van der Waals surface area contributed by atoms with E-state index in [9.17, 15) is 4.79 Å². The van der Waals surface area contributed by atoms with E-state index in [4.69, 9.17) is 5.26 Å². The summed E-state index contributed by atoms with van der Waals surface area (Å²) in [4.78, 5) is 12.0. The van der Waals surface area contributed by atoms with Crippen LogP contribution in [0.3, 0.4) is 0 Å². The van der Waals surface area contributed by atoms with E-state index in [0.717, 1.165) is 18.5 Å². The molecule has 0 spiro atoms. The molecule has 3 nitrogen and oxygen atoms in total. The minimum Gasteiger partial charge on any atom is -0.325 e. The second-order valence-electron chi connectivity index (χ2n) is 4.55. The molecule has 88 valence electrons. The summed E-state index contributed by atoms with van der Waals surface area (Å²) < 4.78 is 0. The number of nitriles is 1. The number of nitrogens with one attached hydrogen (secondary N) is 1. The Balaban J connectivity index is 2.05. The highest BCUT2D eigenvalue weighted by Crippen LogP contribution is 2.41. The Morgan fingerprint density at radius 3 is 2.47 bits per heavy atom. The molecule has 0 unspecified atom stereocenters. The van der Waals surface area contributed by atoms with E-state index in [1.807, 2.05) is 24.3 Å². The van der Waals surface area contributed by atoms with Gasteiger partial charge in [0.2, 0.25) is 5.91 Å². The van der Waals surface area contributed by atoms with Crippen molar-refractivity contribution in [3.63, 3.8) is 0 Å². The maximum absolute atomic E-state index is 12.0. The van der Waals surface area contributed by atoms with Gasteiger partial charge >= 0.3 is 0 Å². The Morgan fingerprint density at radius 1 is 1.41 bits per heavy atom. The molecule has 2 rings (SSSR count). The van der Waals surface area contributed by atoms with Crippen LogP contribution in [-0.2, 0) is 11.2 Å². The smallest absolute Gasteiger partial charge is 0.244 e. The number of hydrogen-bond acceptors (Lipinski definition) is 2. The first-order valence-corrected chi connectivity index (χ1v) is 6.02. The summed E-state index contributed by atoms with van der Waals surface area (Å²) in [5.74, 6) is -0.157. The van der Waals surface area contributed by atoms with Crippen LogP contribution < -0.4 is 5.32 Å². The molecule has 0 saturated heterocycles. The van der Waals surface area contributed by atoms with Crippen molar-refractivity contribution in [2.24, 2.45) is 5.41 Å². The van der Waals surface area contributed by atoms with E-state index in [1.165, 1.54) is 5.56 Å². The van der Waals surface area contributed by atoms with E-state index in [-0.39, 0.29) is 5.91 Å². The number of rotatable bonds is 3. The highest BCUT2D eigenvalue weighted by molar-refractivity contribution is 5.97. The SMILES string of the molecule is CCc1ccc(NC(=O)C2(C#N)CCC2)cc1. The zero-order valence-electron chi connectivity index (χ0n) is 9.99. The van der Waals surface area contributed by atoms with Gasteiger partial charge in [-0.2, -0.15) is 5.26 Å². The summed E-state index contributed by atoms with van der Waals surface area (Å²) in [5, 5.41) is 11.9. The van der Waals surface area contributed by atoms with Gasteiger partial charge in [-0.25, -0.2) is 0 Å². The summed E-state index contributed by atoms with van der Waals surface area (Å²) >= 11 is 0. The topological polar surface area (TPSA) is 52.9 Å². The lowest BCUT2D eigenvalue weighted by Gasteiger charge is -2.33. The molecule has 1 aliphatic carbocycles. The number of carbonyl (C=O) groups excluding carboxylic acids is 1. The first kappa shape index (κ1) is 11.7. The molecule has 0 aliphatic heterocycles. The molecule has 3 heteroatoms. The number of anilines is 1. The number of hydrogen-bond donors (Lipinski definition) is 1. The highest BCUT2D eigenvalue weighted by Gasteiger charge is 2.44. The van der Waals surface area contributed by atoms with Gasteiger partial charge in [-0.15, -0.1) is 0 Å². The molecule has 0 radical (unpaired) electrons. The second kappa shape index (κ2) is 4.58. The van der Waals surface area contributed by atoms with E-state index in [2.05, 4.69) is 18.3 Å². The molecule has 0 atom stereocenters. The summed E-state index contributed by atoms with van der Waals surface area (Å²) in [6.07, 6.45) is 3.32. The first-order valence-electron chi connectivity index (χ1n) is 6.02. The van der Waals surface area contributed by atoms with Gasteiger partial charge in [0.25, 0.3) is 0 Å². The Morgan fingerprint density at radius 2 is 2.06 bits per heavy atom. The largest absolute Gasteiger partial charge is 0.325 e. The molecule has 0 aromatic heterocycles. The van der Waals surface area contributed by atoms with Gasteiger partial charge in [-0.3, -0.25) is 4.79 Å². The Bertz CT molecular complexity index is 452. The van der Waals surface area contributed by atoms with E-state index >= 15 is 0 Å². The highest BCUT2D eigenvalue weighted by atomic mass is 16.2. The van der Waals surface area contributed by atoms with Crippen molar-refractivity contribution in [3.05, 3.63) is 29.8 Å². The molecule has 1 aromatic carbocycles. The fraction of sp³-hybridized carbons (Fsp3) is 0.429. The van der Waals surface area contributed by atoms with Gasteiger partial charge in [0.1, 0.15) is 5.41 Å². The lowest BCUT2D eigenvalue weighted by atomic mass is 9.69. The molecule has 1 fully saturated rings. The van der Waals surface area contributed by atoms with Crippen molar-refractivity contribution in [2.45, 2.75) is 32.6 Å². The van der Waals surface area contributed by atoms with Crippen molar-refractivity contribution < 1.29 is 4.79 Å². The van der Waals surface area contributed by atoms with Crippen molar-refractivity contribution >= 4 is 11.6 Å². The molecular weight excluding hydrogens is 212 g/mol. The van der Waals surface area contributed by atoms with Crippen molar-refractivity contribution in [1.82, 2.24) is 0 Å². The third kappa shape index (κ3) is 2.16. The van der Waals surface area contributed by atoms with Crippen molar-refractivity contribution in [1.29, 1.82) is 5.26 Å². The van der Waals surface area contributed by atoms with Crippen molar-refractivity contribution in [3.8, 4) is 6.07 Å². The third-order valence-corrected chi connectivity index (χ3v) is 3.48. The third-order valence-electron chi connectivity index (χ3n) is 3.48. The minimum atomic E-state index is -0.774. The average Bonchev–Trinajstić information content (AvgIpc) is 2.29. The summed E-state index contributed by atoms with van der Waals surface area (Å²) in [6, 6.07) is 9.92. The normalized spacial score (nSPS) is 16.7. The Labute approximate surface area is 101 Å². The molecule has 1 aliphatic rings. The van der Waals surface area contributed by atoms with Crippen molar-refractivity contribution in [2.75, 3.05) is 5.32 Å². The van der Waals surface area contributed by atoms with Crippen LogP contribution in [0.4, 0.5) is 5.69 Å². The van der Waals surface area contributed by atoms with Gasteiger partial charge in [0, 0.05) is 5.69 Å². The monoisotopic (exact) mass is 228 g/mol. The van der Waals surface area contributed by atoms with Crippen LogP contribution in [-0.4, -0.2) is 5.91 Å². The lowest BCUT2D eigenvalue weighted by Crippen LogP contribution is -2.40. The number of amides is 1. The zero-order valence-corrected chi connectivity index (χ0v) is 9.99. The standard InChI is InChI=1S/C14H16N2O/c1-2-11-4-6-12(7-5-11)16-13(17)14(10-15)8-3-9-14/h4-7H,2-3,8-9H2,1H3,(H,16,17). The zero-order chi connectivity index (χ0) is 12.3. The molecule has 0 bridgehead atoms. The van der Waals surface area contributed by atoms with Crippen LogP contribution in [0.5, 0.6) is 0 Å². The number of carbonyl (C=O) groups is 1. The van der Waals surface area contributed by atoms with Crippen LogP contribution >= 0.6 is 0 Å². The Hall–Kier alpha value is -1.82.